The highest BCUT2D eigenvalue weighted by Crippen LogP contribution is 2.29. The van der Waals surface area contributed by atoms with E-state index in [1.165, 1.54) is 10.7 Å². The van der Waals surface area contributed by atoms with Crippen LogP contribution in [0, 0.1) is 30.9 Å². The van der Waals surface area contributed by atoms with Crippen molar-refractivity contribution < 1.29 is 19.2 Å². The highest BCUT2D eigenvalue weighted by Gasteiger charge is 2.26. The van der Waals surface area contributed by atoms with Crippen LogP contribution in [0.2, 0.25) is 0 Å². The predicted octanol–water partition coefficient (Wildman–Crippen LogP) is 3.18. The highest BCUT2D eigenvalue weighted by molar-refractivity contribution is 5.94. The second kappa shape index (κ2) is 9.08. The average Bonchev–Trinajstić information content (AvgIpc) is 3.28. The first kappa shape index (κ1) is 22.8. The van der Waals surface area contributed by atoms with Crippen molar-refractivity contribution in [2.75, 3.05) is 19.5 Å². The van der Waals surface area contributed by atoms with Crippen LogP contribution in [0.4, 0.5) is 11.5 Å². The lowest BCUT2D eigenvalue weighted by Crippen LogP contribution is -2.25. The molecule has 1 amide bonds. The topological polar surface area (TPSA) is 126 Å². The van der Waals surface area contributed by atoms with Gasteiger partial charge in [0.25, 0.3) is 5.91 Å². The van der Waals surface area contributed by atoms with E-state index < -0.39 is 11.0 Å². The van der Waals surface area contributed by atoms with Crippen LogP contribution in [0.5, 0.6) is 11.5 Å². The normalized spacial score (nSPS) is 11.8. The van der Waals surface area contributed by atoms with Crippen molar-refractivity contribution >= 4 is 17.4 Å². The van der Waals surface area contributed by atoms with Gasteiger partial charge in [-0.25, -0.2) is 0 Å². The molecule has 3 aromatic rings. The molecule has 1 unspecified atom stereocenters. The van der Waals surface area contributed by atoms with Gasteiger partial charge in [0.15, 0.2) is 11.5 Å². The molecule has 1 atom stereocenters. The van der Waals surface area contributed by atoms with Crippen LogP contribution in [0.15, 0.2) is 24.3 Å². The Balaban J connectivity index is 1.80. The number of aryl methyl sites for hydroxylation is 2. The first-order valence-electron chi connectivity index (χ1n) is 9.92. The fraction of sp³-hybridized carbons (Fsp3) is 0.381. The molecule has 170 valence electrons. The zero-order valence-corrected chi connectivity index (χ0v) is 18.9. The fourth-order valence-electron chi connectivity index (χ4n) is 3.47. The largest absolute Gasteiger partial charge is 0.493 e. The molecule has 11 heteroatoms. The summed E-state index contributed by atoms with van der Waals surface area (Å²) in [5.41, 5.74) is 3.52. The maximum atomic E-state index is 12.9. The summed E-state index contributed by atoms with van der Waals surface area (Å²) in [7, 11) is 3.16. The van der Waals surface area contributed by atoms with Gasteiger partial charge in [-0.15, -0.1) is 0 Å². The van der Waals surface area contributed by atoms with Crippen LogP contribution in [0.3, 0.4) is 0 Å². The minimum atomic E-state index is -0.739. The van der Waals surface area contributed by atoms with Crippen LogP contribution in [0.25, 0.3) is 0 Å². The quantitative estimate of drug-likeness (QED) is 0.419. The number of aromatic nitrogens is 4. The monoisotopic (exact) mass is 442 g/mol. The summed E-state index contributed by atoms with van der Waals surface area (Å²) in [4.78, 5) is 23.2. The van der Waals surface area contributed by atoms with E-state index in [0.29, 0.717) is 35.1 Å². The van der Waals surface area contributed by atoms with E-state index in [1.807, 2.05) is 32.0 Å². The molecule has 0 saturated carbocycles. The number of benzene rings is 1. The Labute approximate surface area is 185 Å². The lowest BCUT2D eigenvalue weighted by Gasteiger charge is -2.12. The first-order valence-corrected chi connectivity index (χ1v) is 9.92. The molecule has 32 heavy (non-hydrogen) atoms. The molecule has 0 bridgehead atoms. The number of anilines is 1. The van der Waals surface area contributed by atoms with Gasteiger partial charge in [0.2, 0.25) is 0 Å². The zero-order valence-electron chi connectivity index (χ0n) is 18.9. The molecule has 0 radical (unpaired) electrons. The predicted molar refractivity (Wildman–Crippen MR) is 117 cm³/mol. The number of ether oxygens (including phenoxy) is 2. The van der Waals surface area contributed by atoms with E-state index in [1.54, 1.807) is 32.7 Å². The van der Waals surface area contributed by atoms with Crippen LogP contribution in [-0.4, -0.2) is 44.6 Å². The number of nitro groups is 1. The van der Waals surface area contributed by atoms with Gasteiger partial charge in [-0.05, 0) is 50.3 Å². The number of carbonyl (C=O) groups excluding carboxylic acids is 1. The molecule has 2 aromatic heterocycles. The van der Waals surface area contributed by atoms with Crippen LogP contribution in [-0.2, 0) is 11.3 Å². The van der Waals surface area contributed by atoms with Crippen molar-refractivity contribution in [1.29, 1.82) is 0 Å². The summed E-state index contributed by atoms with van der Waals surface area (Å²) in [5.74, 6) is 0.624. The average molecular weight is 442 g/mol. The highest BCUT2D eigenvalue weighted by atomic mass is 16.6. The summed E-state index contributed by atoms with van der Waals surface area (Å²) < 4.78 is 13.8. The molecular formula is C21H26N6O5. The number of methoxy groups -OCH3 is 2. The molecule has 0 aliphatic rings. The molecule has 2 heterocycles. The number of nitrogens with zero attached hydrogens (tertiary/aromatic N) is 5. The summed E-state index contributed by atoms with van der Waals surface area (Å²) in [5, 5.41) is 22.3. The van der Waals surface area contributed by atoms with Gasteiger partial charge in [-0.2, -0.15) is 9.78 Å². The Morgan fingerprint density at radius 1 is 1.16 bits per heavy atom. The maximum Gasteiger partial charge on any atom is 0.390 e. The van der Waals surface area contributed by atoms with Crippen molar-refractivity contribution in [2.24, 2.45) is 0 Å². The summed E-state index contributed by atoms with van der Waals surface area (Å²) in [6.45, 7) is 7.45. The summed E-state index contributed by atoms with van der Waals surface area (Å²) in [6, 6.07) is 6.22. The lowest BCUT2D eigenvalue weighted by atomic mass is 10.2. The molecule has 0 spiro atoms. The minimum Gasteiger partial charge on any atom is -0.493 e. The van der Waals surface area contributed by atoms with Gasteiger partial charge >= 0.3 is 5.82 Å². The smallest absolute Gasteiger partial charge is 0.390 e. The Bertz CT molecular complexity index is 1170. The molecule has 0 saturated heterocycles. The standard InChI is InChI=1S/C21H26N6O5/c1-12-9-19(27(29)30)24-26(12)15(4)21(28)22-20-13(2)23-25(14(20)3)11-16-7-8-17(31-5)18(10-16)32-6/h7-10,15H,11H2,1-6H3,(H,22,28). The Kier molecular flexibility index (Phi) is 6.47. The number of amides is 1. The van der Waals surface area contributed by atoms with Crippen LogP contribution < -0.4 is 14.8 Å². The summed E-state index contributed by atoms with van der Waals surface area (Å²) >= 11 is 0. The van der Waals surface area contributed by atoms with Gasteiger partial charge < -0.3 is 24.9 Å². The number of nitrogens with one attached hydrogen (secondary N) is 1. The first-order chi connectivity index (χ1) is 15.2. The van der Waals surface area contributed by atoms with Gasteiger partial charge in [0, 0.05) is 0 Å². The third-order valence-electron chi connectivity index (χ3n) is 5.25. The molecule has 1 aromatic carbocycles. The molecular weight excluding hydrogens is 416 g/mol. The lowest BCUT2D eigenvalue weighted by molar-refractivity contribution is -0.389. The SMILES string of the molecule is COc1ccc(Cn2nc(C)c(NC(=O)C(C)n3nc([N+](=O)[O-])cc3C)c2C)cc1OC. The van der Waals surface area contributed by atoms with Crippen molar-refractivity contribution in [3.05, 3.63) is 57.0 Å². The second-order valence-electron chi connectivity index (χ2n) is 7.40. The second-order valence-corrected chi connectivity index (χ2v) is 7.40. The Morgan fingerprint density at radius 3 is 2.44 bits per heavy atom. The van der Waals surface area contributed by atoms with Gasteiger partial charge in [0.05, 0.1) is 54.7 Å². The molecule has 1 N–H and O–H groups in total. The van der Waals surface area contributed by atoms with Gasteiger partial charge in [-0.1, -0.05) is 6.07 Å². The van der Waals surface area contributed by atoms with E-state index in [0.717, 1.165) is 11.3 Å². The fourth-order valence-corrected chi connectivity index (χ4v) is 3.47. The zero-order chi connectivity index (χ0) is 23.6. The van der Waals surface area contributed by atoms with Crippen molar-refractivity contribution in [1.82, 2.24) is 19.6 Å². The van der Waals surface area contributed by atoms with Crippen molar-refractivity contribution in [3.63, 3.8) is 0 Å². The van der Waals surface area contributed by atoms with E-state index in [2.05, 4.69) is 15.5 Å². The molecule has 0 fully saturated rings. The van der Waals surface area contributed by atoms with E-state index in [-0.39, 0.29) is 11.7 Å². The maximum absolute atomic E-state index is 12.9. The van der Waals surface area contributed by atoms with E-state index >= 15 is 0 Å². The number of hydrogen-bond acceptors (Lipinski definition) is 7. The van der Waals surface area contributed by atoms with Gasteiger partial charge in [0.1, 0.15) is 6.04 Å². The number of rotatable bonds is 8. The Hall–Kier alpha value is -3.89. The summed E-state index contributed by atoms with van der Waals surface area (Å²) in [6.07, 6.45) is 0. The molecule has 3 rings (SSSR count). The molecule has 0 aliphatic carbocycles. The third-order valence-corrected chi connectivity index (χ3v) is 5.25. The minimum absolute atomic E-state index is 0.294. The van der Waals surface area contributed by atoms with Crippen molar-refractivity contribution in [2.45, 2.75) is 40.3 Å². The molecule has 11 nitrogen and oxygen atoms in total. The van der Waals surface area contributed by atoms with Gasteiger partial charge in [-0.3, -0.25) is 9.48 Å². The van der Waals surface area contributed by atoms with E-state index in [4.69, 9.17) is 9.47 Å². The molecule has 0 aliphatic heterocycles. The number of hydrogen-bond donors (Lipinski definition) is 1. The van der Waals surface area contributed by atoms with Crippen LogP contribution in [0.1, 0.15) is 35.6 Å². The van der Waals surface area contributed by atoms with Crippen LogP contribution >= 0.6 is 0 Å². The third kappa shape index (κ3) is 4.41. The Morgan fingerprint density at radius 2 is 1.84 bits per heavy atom. The van der Waals surface area contributed by atoms with Crippen molar-refractivity contribution in [3.8, 4) is 11.5 Å². The number of carbonyl (C=O) groups is 1. The van der Waals surface area contributed by atoms with E-state index in [9.17, 15) is 14.9 Å².